The molecule has 0 bridgehead atoms. The van der Waals surface area contributed by atoms with Crippen LogP contribution < -0.4 is 0 Å². The van der Waals surface area contributed by atoms with Crippen LogP contribution in [-0.4, -0.2) is 40.8 Å². The van der Waals surface area contributed by atoms with Gasteiger partial charge < -0.3 is 5.11 Å². The van der Waals surface area contributed by atoms with Crippen LogP contribution in [0, 0.1) is 5.92 Å². The number of carboxylic acids is 1. The SMILES string of the molecule is CCN(CC)C1(C(=O)O)CCC(C(F)(F)F)CC1. The molecule has 0 amide bonds. The number of likely N-dealkylation sites (N-methyl/N-ethyl adjacent to an activating group) is 1. The molecule has 0 aromatic rings. The van der Waals surface area contributed by atoms with Crippen molar-refractivity contribution in [1.29, 1.82) is 0 Å². The summed E-state index contributed by atoms with van der Waals surface area (Å²) in [7, 11) is 0. The van der Waals surface area contributed by atoms with Gasteiger partial charge in [0, 0.05) is 0 Å². The molecule has 1 saturated carbocycles. The third kappa shape index (κ3) is 2.79. The number of hydrogen-bond donors (Lipinski definition) is 1. The standard InChI is InChI=1S/C12H20F3NO2/c1-3-16(4-2)11(10(17)18)7-5-9(6-8-11)12(13,14)15/h9H,3-8H2,1-2H3,(H,17,18). The van der Waals surface area contributed by atoms with Crippen LogP contribution in [0.4, 0.5) is 13.2 Å². The van der Waals surface area contributed by atoms with Crippen LogP contribution in [-0.2, 0) is 4.79 Å². The van der Waals surface area contributed by atoms with Crippen molar-refractivity contribution in [3.8, 4) is 0 Å². The van der Waals surface area contributed by atoms with E-state index in [-0.39, 0.29) is 25.7 Å². The maximum atomic E-state index is 12.6. The molecule has 6 heteroatoms. The van der Waals surface area contributed by atoms with E-state index < -0.39 is 23.6 Å². The number of carboxylic acid groups (broad SMARTS) is 1. The van der Waals surface area contributed by atoms with Crippen molar-refractivity contribution in [2.45, 2.75) is 51.2 Å². The van der Waals surface area contributed by atoms with E-state index in [1.165, 1.54) is 0 Å². The van der Waals surface area contributed by atoms with Crippen molar-refractivity contribution in [2.24, 2.45) is 5.92 Å². The van der Waals surface area contributed by atoms with Gasteiger partial charge in [0.2, 0.25) is 0 Å². The molecular formula is C12H20F3NO2. The fourth-order valence-electron chi connectivity index (χ4n) is 2.92. The fraction of sp³-hybridized carbons (Fsp3) is 0.917. The third-order valence-corrected chi connectivity index (χ3v) is 4.04. The van der Waals surface area contributed by atoms with Gasteiger partial charge in [-0.2, -0.15) is 13.2 Å². The minimum absolute atomic E-state index is 0.0776. The largest absolute Gasteiger partial charge is 0.480 e. The summed E-state index contributed by atoms with van der Waals surface area (Å²) >= 11 is 0. The Kier molecular flexibility index (Phi) is 4.64. The number of carbonyl (C=O) groups is 1. The van der Waals surface area contributed by atoms with Crippen molar-refractivity contribution < 1.29 is 23.1 Å². The summed E-state index contributed by atoms with van der Waals surface area (Å²) in [5.41, 5.74) is -1.11. The zero-order valence-corrected chi connectivity index (χ0v) is 10.8. The molecule has 0 aromatic carbocycles. The van der Waals surface area contributed by atoms with E-state index in [0.29, 0.717) is 13.1 Å². The Balaban J connectivity index is 2.84. The van der Waals surface area contributed by atoms with Gasteiger partial charge in [-0.15, -0.1) is 0 Å². The van der Waals surface area contributed by atoms with E-state index in [1.54, 1.807) is 4.90 Å². The topological polar surface area (TPSA) is 40.5 Å². The summed E-state index contributed by atoms with van der Waals surface area (Å²) in [5.74, 6) is -2.34. The highest BCUT2D eigenvalue weighted by atomic mass is 19.4. The molecule has 18 heavy (non-hydrogen) atoms. The van der Waals surface area contributed by atoms with Crippen molar-refractivity contribution in [2.75, 3.05) is 13.1 Å². The lowest BCUT2D eigenvalue weighted by Crippen LogP contribution is -2.57. The van der Waals surface area contributed by atoms with Crippen LogP contribution in [0.2, 0.25) is 0 Å². The predicted molar refractivity (Wildman–Crippen MR) is 61.3 cm³/mol. The lowest BCUT2D eigenvalue weighted by molar-refractivity contribution is -0.193. The fourth-order valence-corrected chi connectivity index (χ4v) is 2.92. The molecule has 0 heterocycles. The predicted octanol–water partition coefficient (Wildman–Crippen LogP) is 2.90. The van der Waals surface area contributed by atoms with Gasteiger partial charge in [-0.1, -0.05) is 13.8 Å². The van der Waals surface area contributed by atoms with E-state index in [9.17, 15) is 23.1 Å². The maximum absolute atomic E-state index is 12.6. The smallest absolute Gasteiger partial charge is 0.391 e. The summed E-state index contributed by atoms with van der Waals surface area (Å²) in [5, 5.41) is 9.39. The number of alkyl halides is 3. The highest BCUT2D eigenvalue weighted by Crippen LogP contribution is 2.43. The number of nitrogens with zero attached hydrogens (tertiary/aromatic N) is 1. The van der Waals surface area contributed by atoms with Crippen molar-refractivity contribution in [1.82, 2.24) is 4.90 Å². The Morgan fingerprint density at radius 2 is 1.72 bits per heavy atom. The quantitative estimate of drug-likeness (QED) is 0.851. The highest BCUT2D eigenvalue weighted by molar-refractivity contribution is 5.79. The van der Waals surface area contributed by atoms with E-state index in [2.05, 4.69) is 0 Å². The van der Waals surface area contributed by atoms with E-state index in [0.717, 1.165) is 0 Å². The molecule has 0 radical (unpaired) electrons. The molecule has 1 N–H and O–H groups in total. The van der Waals surface area contributed by atoms with E-state index >= 15 is 0 Å². The molecule has 0 aromatic heterocycles. The second kappa shape index (κ2) is 5.47. The van der Waals surface area contributed by atoms with E-state index in [4.69, 9.17) is 0 Å². The van der Waals surface area contributed by atoms with Gasteiger partial charge in [0.15, 0.2) is 0 Å². The minimum Gasteiger partial charge on any atom is -0.480 e. The highest BCUT2D eigenvalue weighted by Gasteiger charge is 2.51. The Bertz CT molecular complexity index is 292. The molecule has 106 valence electrons. The zero-order valence-electron chi connectivity index (χ0n) is 10.8. The van der Waals surface area contributed by atoms with Crippen LogP contribution in [0.25, 0.3) is 0 Å². The molecule has 0 spiro atoms. The number of hydrogen-bond acceptors (Lipinski definition) is 2. The normalized spacial score (nSPS) is 29.6. The maximum Gasteiger partial charge on any atom is 0.391 e. The average molecular weight is 267 g/mol. The minimum atomic E-state index is -4.20. The first kappa shape index (κ1) is 15.3. The van der Waals surface area contributed by atoms with Gasteiger partial charge in [-0.05, 0) is 38.8 Å². The van der Waals surface area contributed by atoms with Gasteiger partial charge >= 0.3 is 12.1 Å². The van der Waals surface area contributed by atoms with Crippen LogP contribution in [0.3, 0.4) is 0 Å². The Morgan fingerprint density at radius 3 is 2.00 bits per heavy atom. The van der Waals surface area contributed by atoms with Gasteiger partial charge in [0.25, 0.3) is 0 Å². The summed E-state index contributed by atoms with van der Waals surface area (Å²) < 4.78 is 37.8. The molecule has 1 fully saturated rings. The molecule has 1 aliphatic rings. The Morgan fingerprint density at radius 1 is 1.28 bits per heavy atom. The monoisotopic (exact) mass is 267 g/mol. The van der Waals surface area contributed by atoms with Gasteiger partial charge in [0.1, 0.15) is 5.54 Å². The third-order valence-electron chi connectivity index (χ3n) is 4.04. The van der Waals surface area contributed by atoms with Gasteiger partial charge in [-0.25, -0.2) is 0 Å². The number of rotatable bonds is 4. The van der Waals surface area contributed by atoms with E-state index in [1.807, 2.05) is 13.8 Å². The summed E-state index contributed by atoms with van der Waals surface area (Å²) in [4.78, 5) is 13.2. The molecule has 0 aliphatic heterocycles. The average Bonchev–Trinajstić information content (AvgIpc) is 2.29. The van der Waals surface area contributed by atoms with Crippen LogP contribution in [0.1, 0.15) is 39.5 Å². The second-order valence-corrected chi connectivity index (χ2v) is 4.82. The van der Waals surface area contributed by atoms with Gasteiger partial charge in [0.05, 0.1) is 5.92 Å². The van der Waals surface area contributed by atoms with Crippen LogP contribution in [0.15, 0.2) is 0 Å². The summed E-state index contributed by atoms with van der Waals surface area (Å²) in [6, 6.07) is 0. The first-order chi connectivity index (χ1) is 8.28. The lowest BCUT2D eigenvalue weighted by Gasteiger charge is -2.44. The van der Waals surface area contributed by atoms with Crippen LogP contribution >= 0.6 is 0 Å². The zero-order chi connectivity index (χ0) is 14.0. The first-order valence-electron chi connectivity index (χ1n) is 6.33. The number of aliphatic carboxylic acids is 1. The Hall–Kier alpha value is -0.780. The summed E-state index contributed by atoms with van der Waals surface area (Å²) in [6.45, 7) is 4.76. The molecular weight excluding hydrogens is 247 g/mol. The second-order valence-electron chi connectivity index (χ2n) is 4.82. The molecule has 0 unspecified atom stereocenters. The number of halogens is 3. The van der Waals surface area contributed by atoms with Crippen molar-refractivity contribution in [3.63, 3.8) is 0 Å². The van der Waals surface area contributed by atoms with Crippen LogP contribution in [0.5, 0.6) is 0 Å². The summed E-state index contributed by atoms with van der Waals surface area (Å²) in [6.07, 6.45) is -4.23. The molecule has 3 nitrogen and oxygen atoms in total. The lowest BCUT2D eigenvalue weighted by atomic mass is 9.75. The molecule has 1 aliphatic carbocycles. The first-order valence-corrected chi connectivity index (χ1v) is 6.33. The van der Waals surface area contributed by atoms with Crippen molar-refractivity contribution >= 4 is 5.97 Å². The molecule has 1 rings (SSSR count). The molecule has 0 saturated heterocycles. The molecule has 0 atom stereocenters. The van der Waals surface area contributed by atoms with Crippen molar-refractivity contribution in [3.05, 3.63) is 0 Å². The van der Waals surface area contributed by atoms with Gasteiger partial charge in [-0.3, -0.25) is 9.69 Å². The Labute approximate surface area is 105 Å².